The van der Waals surface area contributed by atoms with Gasteiger partial charge in [0.2, 0.25) is 0 Å². The van der Waals surface area contributed by atoms with E-state index < -0.39 is 0 Å². The maximum Gasteiger partial charge on any atom is 0.0580 e. The first-order valence-electron chi connectivity index (χ1n) is 9.17. The first-order chi connectivity index (χ1) is 9.75. The van der Waals surface area contributed by atoms with Gasteiger partial charge in [0.1, 0.15) is 0 Å². The Hall–Kier alpha value is -0.0800. The van der Waals surface area contributed by atoms with Crippen LogP contribution < -0.4 is 0 Å². The highest BCUT2D eigenvalue weighted by molar-refractivity contribution is 4.87. The smallest absolute Gasteiger partial charge is 0.0580 e. The number of rotatable bonds is 7. The van der Waals surface area contributed by atoms with Crippen LogP contribution in [0.1, 0.15) is 80.1 Å². The van der Waals surface area contributed by atoms with Crippen LogP contribution in [0.3, 0.4) is 0 Å². The topological polar surface area (TPSA) is 23.5 Å². The predicted octanol–water partition coefficient (Wildman–Crippen LogP) is 4.71. The molecule has 0 saturated heterocycles. The summed E-state index contributed by atoms with van der Waals surface area (Å²) in [6.07, 6.45) is 7.19. The maximum atomic E-state index is 10.4. The fourth-order valence-corrected chi connectivity index (χ4v) is 3.66. The van der Waals surface area contributed by atoms with E-state index in [1.54, 1.807) is 0 Å². The molecule has 0 aromatic carbocycles. The average molecular weight is 298 g/mol. The lowest BCUT2D eigenvalue weighted by atomic mass is 9.68. The number of aliphatic hydroxyl groups is 1. The van der Waals surface area contributed by atoms with E-state index in [9.17, 15) is 5.11 Å². The Labute approximate surface area is 133 Å². The van der Waals surface area contributed by atoms with E-state index in [0.717, 1.165) is 18.9 Å². The third kappa shape index (κ3) is 6.28. The zero-order valence-electron chi connectivity index (χ0n) is 15.4. The van der Waals surface area contributed by atoms with Gasteiger partial charge in [0.25, 0.3) is 0 Å². The summed E-state index contributed by atoms with van der Waals surface area (Å²) in [5.41, 5.74) is 0.378. The molecule has 2 heteroatoms. The van der Waals surface area contributed by atoms with Gasteiger partial charge in [-0.25, -0.2) is 0 Å². The van der Waals surface area contributed by atoms with Crippen molar-refractivity contribution in [1.29, 1.82) is 0 Å². The second-order valence-electron chi connectivity index (χ2n) is 8.50. The molecule has 126 valence electrons. The third-order valence-corrected chi connectivity index (χ3v) is 5.42. The standard InChI is InChI=1S/C19H39NO/c1-7-8-9-12-20(15(2)3)14-16-13-17(19(4,5)6)10-11-18(16)21/h15-18,21H,7-14H2,1-6H3. The Kier molecular flexibility index (Phi) is 7.70. The van der Waals surface area contributed by atoms with Crippen molar-refractivity contribution in [1.82, 2.24) is 4.90 Å². The molecule has 3 atom stereocenters. The molecule has 0 radical (unpaired) electrons. The first kappa shape index (κ1) is 19.0. The van der Waals surface area contributed by atoms with Gasteiger partial charge in [-0.3, -0.25) is 0 Å². The molecule has 0 aliphatic heterocycles. The number of hydrogen-bond acceptors (Lipinski definition) is 2. The van der Waals surface area contributed by atoms with E-state index in [1.807, 2.05) is 0 Å². The molecule has 1 N–H and O–H groups in total. The molecule has 2 nitrogen and oxygen atoms in total. The number of hydrogen-bond donors (Lipinski definition) is 1. The highest BCUT2D eigenvalue weighted by Crippen LogP contribution is 2.40. The van der Waals surface area contributed by atoms with Crippen LogP contribution in [-0.4, -0.2) is 35.2 Å². The van der Waals surface area contributed by atoms with Crippen LogP contribution in [-0.2, 0) is 0 Å². The van der Waals surface area contributed by atoms with Crippen LogP contribution >= 0.6 is 0 Å². The average Bonchev–Trinajstić information content (AvgIpc) is 2.38. The van der Waals surface area contributed by atoms with Crippen molar-refractivity contribution < 1.29 is 5.11 Å². The summed E-state index contributed by atoms with van der Waals surface area (Å²) in [6, 6.07) is 0.587. The molecule has 0 bridgehead atoms. The quantitative estimate of drug-likeness (QED) is 0.688. The van der Waals surface area contributed by atoms with Crippen LogP contribution in [0.2, 0.25) is 0 Å². The van der Waals surface area contributed by atoms with Gasteiger partial charge < -0.3 is 10.0 Å². The molecule has 1 saturated carbocycles. The van der Waals surface area contributed by atoms with E-state index in [1.165, 1.54) is 38.6 Å². The lowest BCUT2D eigenvalue weighted by molar-refractivity contribution is -0.00130. The molecule has 1 fully saturated rings. The van der Waals surface area contributed by atoms with Crippen molar-refractivity contribution >= 4 is 0 Å². The fourth-order valence-electron chi connectivity index (χ4n) is 3.66. The van der Waals surface area contributed by atoms with Crippen LogP contribution in [0.25, 0.3) is 0 Å². The molecule has 3 unspecified atom stereocenters. The molecule has 0 spiro atoms. The molecular weight excluding hydrogens is 258 g/mol. The highest BCUT2D eigenvalue weighted by atomic mass is 16.3. The largest absolute Gasteiger partial charge is 0.393 e. The molecule has 0 aromatic rings. The normalized spacial score (nSPS) is 27.6. The van der Waals surface area contributed by atoms with E-state index in [0.29, 0.717) is 17.4 Å². The van der Waals surface area contributed by atoms with E-state index in [2.05, 4.69) is 46.4 Å². The minimum atomic E-state index is -0.0870. The Morgan fingerprint density at radius 2 is 1.81 bits per heavy atom. The predicted molar refractivity (Wildman–Crippen MR) is 92.5 cm³/mol. The van der Waals surface area contributed by atoms with Crippen LogP contribution in [0, 0.1) is 17.3 Å². The number of unbranched alkanes of at least 4 members (excludes halogenated alkanes) is 2. The second kappa shape index (κ2) is 8.53. The minimum absolute atomic E-state index is 0.0870. The highest BCUT2D eigenvalue weighted by Gasteiger charge is 2.35. The van der Waals surface area contributed by atoms with Gasteiger partial charge in [-0.05, 0) is 63.3 Å². The van der Waals surface area contributed by atoms with E-state index >= 15 is 0 Å². The van der Waals surface area contributed by atoms with Gasteiger partial charge in [-0.15, -0.1) is 0 Å². The Bertz CT molecular complexity index is 282. The van der Waals surface area contributed by atoms with Gasteiger partial charge in [-0.1, -0.05) is 40.5 Å². The van der Waals surface area contributed by atoms with Crippen molar-refractivity contribution in [2.24, 2.45) is 17.3 Å². The third-order valence-electron chi connectivity index (χ3n) is 5.42. The summed E-state index contributed by atoms with van der Waals surface area (Å²) in [6.45, 7) is 16.2. The molecule has 1 rings (SSSR count). The lowest BCUT2D eigenvalue weighted by Gasteiger charge is -2.42. The van der Waals surface area contributed by atoms with Gasteiger partial charge >= 0.3 is 0 Å². The summed E-state index contributed by atoms with van der Waals surface area (Å²) in [5.74, 6) is 1.22. The van der Waals surface area contributed by atoms with Gasteiger partial charge in [0, 0.05) is 12.6 Å². The van der Waals surface area contributed by atoms with Crippen molar-refractivity contribution in [2.75, 3.05) is 13.1 Å². The Morgan fingerprint density at radius 3 is 2.33 bits per heavy atom. The molecule has 0 heterocycles. The molecule has 1 aliphatic rings. The molecule has 0 aromatic heterocycles. The maximum absolute atomic E-state index is 10.4. The minimum Gasteiger partial charge on any atom is -0.393 e. The molecule has 1 aliphatic carbocycles. The van der Waals surface area contributed by atoms with E-state index in [-0.39, 0.29) is 6.10 Å². The summed E-state index contributed by atoms with van der Waals surface area (Å²) in [7, 11) is 0. The van der Waals surface area contributed by atoms with E-state index in [4.69, 9.17) is 0 Å². The first-order valence-corrected chi connectivity index (χ1v) is 9.17. The number of aliphatic hydroxyl groups excluding tert-OH is 1. The molecular formula is C19H39NO. The van der Waals surface area contributed by atoms with Gasteiger partial charge in [0.15, 0.2) is 0 Å². The van der Waals surface area contributed by atoms with Crippen LogP contribution in [0.15, 0.2) is 0 Å². The van der Waals surface area contributed by atoms with Crippen molar-refractivity contribution in [3.8, 4) is 0 Å². The monoisotopic (exact) mass is 297 g/mol. The van der Waals surface area contributed by atoms with Crippen LogP contribution in [0.5, 0.6) is 0 Å². The fraction of sp³-hybridized carbons (Fsp3) is 1.00. The van der Waals surface area contributed by atoms with Crippen molar-refractivity contribution in [2.45, 2.75) is 92.2 Å². The second-order valence-corrected chi connectivity index (χ2v) is 8.50. The van der Waals surface area contributed by atoms with Gasteiger partial charge in [0.05, 0.1) is 6.10 Å². The number of nitrogens with zero attached hydrogens (tertiary/aromatic N) is 1. The Balaban J connectivity index is 2.58. The zero-order chi connectivity index (χ0) is 16.0. The Morgan fingerprint density at radius 1 is 1.14 bits per heavy atom. The summed E-state index contributed by atoms with van der Waals surface area (Å²) < 4.78 is 0. The summed E-state index contributed by atoms with van der Waals surface area (Å²) in [5, 5.41) is 10.4. The van der Waals surface area contributed by atoms with Crippen LogP contribution in [0.4, 0.5) is 0 Å². The lowest BCUT2D eigenvalue weighted by Crippen LogP contribution is -2.43. The van der Waals surface area contributed by atoms with Gasteiger partial charge in [-0.2, -0.15) is 0 Å². The summed E-state index contributed by atoms with van der Waals surface area (Å²) in [4.78, 5) is 2.59. The molecule has 0 amide bonds. The zero-order valence-corrected chi connectivity index (χ0v) is 15.4. The van der Waals surface area contributed by atoms with Crippen molar-refractivity contribution in [3.05, 3.63) is 0 Å². The van der Waals surface area contributed by atoms with Crippen molar-refractivity contribution in [3.63, 3.8) is 0 Å². The molecule has 21 heavy (non-hydrogen) atoms. The summed E-state index contributed by atoms with van der Waals surface area (Å²) >= 11 is 0. The SMILES string of the molecule is CCCCCN(CC1CC(C(C)(C)C)CCC1O)C(C)C.